The first kappa shape index (κ1) is 19.7. The third-order valence-corrected chi connectivity index (χ3v) is 4.11. The number of carbonyl (C=O) groups is 2. The van der Waals surface area contributed by atoms with Crippen molar-refractivity contribution in [1.82, 2.24) is 10.2 Å². The number of esters is 1. The number of nitrogens with zero attached hydrogens (tertiary/aromatic N) is 1. The highest BCUT2D eigenvalue weighted by Crippen LogP contribution is 2.08. The van der Waals surface area contributed by atoms with Gasteiger partial charge < -0.3 is 10.1 Å². The zero-order valence-electron chi connectivity index (χ0n) is 15.4. The summed E-state index contributed by atoms with van der Waals surface area (Å²) in [6.07, 6.45) is 0.759. The molecule has 0 saturated carbocycles. The monoisotopic (exact) mass is 354 g/mol. The minimum absolute atomic E-state index is 0.0375. The van der Waals surface area contributed by atoms with Crippen molar-refractivity contribution < 1.29 is 14.3 Å². The Morgan fingerprint density at radius 3 is 2.15 bits per heavy atom. The minimum Gasteiger partial charge on any atom is -0.464 e. The molecule has 0 aliphatic rings. The molecule has 1 N–H and O–H groups in total. The molecule has 26 heavy (non-hydrogen) atoms. The van der Waals surface area contributed by atoms with Gasteiger partial charge in [0, 0.05) is 20.0 Å². The Morgan fingerprint density at radius 1 is 1.00 bits per heavy atom. The molecular formula is C21H26N2O3. The smallest absolute Gasteiger partial charge is 0.302 e. The molecule has 0 heterocycles. The first-order chi connectivity index (χ1) is 12.6. The maximum Gasteiger partial charge on any atom is 0.302 e. The van der Waals surface area contributed by atoms with Gasteiger partial charge >= 0.3 is 5.97 Å². The summed E-state index contributed by atoms with van der Waals surface area (Å²) in [4.78, 5) is 25.7. The van der Waals surface area contributed by atoms with Gasteiger partial charge in [-0.1, -0.05) is 60.7 Å². The van der Waals surface area contributed by atoms with Crippen molar-refractivity contribution in [3.63, 3.8) is 0 Å². The van der Waals surface area contributed by atoms with Crippen LogP contribution in [0.15, 0.2) is 60.7 Å². The lowest BCUT2D eigenvalue weighted by Gasteiger charge is -2.26. The lowest BCUT2D eigenvalue weighted by Crippen LogP contribution is -2.48. The molecule has 2 rings (SSSR count). The van der Waals surface area contributed by atoms with E-state index in [0.717, 1.165) is 12.0 Å². The summed E-state index contributed by atoms with van der Waals surface area (Å²) >= 11 is 0. The molecule has 1 amide bonds. The Morgan fingerprint density at radius 2 is 1.58 bits per heavy atom. The summed E-state index contributed by atoms with van der Waals surface area (Å²) in [5.41, 5.74) is 2.27. The largest absolute Gasteiger partial charge is 0.464 e. The average molecular weight is 354 g/mol. The molecule has 0 aliphatic heterocycles. The SMILES string of the molecule is CC(=O)OCC(C(=O)NCCc1ccccc1)N(C)Cc1ccccc1. The van der Waals surface area contributed by atoms with Crippen molar-refractivity contribution in [3.05, 3.63) is 71.8 Å². The molecule has 0 aliphatic carbocycles. The predicted octanol–water partition coefficient (Wildman–Crippen LogP) is 2.41. The maximum absolute atomic E-state index is 12.6. The quantitative estimate of drug-likeness (QED) is 0.703. The maximum atomic E-state index is 12.6. The second kappa shape index (κ2) is 10.4. The molecule has 0 saturated heterocycles. The summed E-state index contributed by atoms with van der Waals surface area (Å²) in [5.74, 6) is -0.527. The predicted molar refractivity (Wildman–Crippen MR) is 101 cm³/mol. The van der Waals surface area contributed by atoms with Crippen molar-refractivity contribution in [3.8, 4) is 0 Å². The van der Waals surface area contributed by atoms with Crippen molar-refractivity contribution in [1.29, 1.82) is 0 Å². The van der Waals surface area contributed by atoms with E-state index >= 15 is 0 Å². The van der Waals surface area contributed by atoms with E-state index in [1.807, 2.05) is 72.6 Å². The zero-order valence-corrected chi connectivity index (χ0v) is 15.4. The van der Waals surface area contributed by atoms with E-state index in [-0.39, 0.29) is 18.5 Å². The first-order valence-corrected chi connectivity index (χ1v) is 8.75. The van der Waals surface area contributed by atoms with Crippen molar-refractivity contribution >= 4 is 11.9 Å². The van der Waals surface area contributed by atoms with Crippen molar-refractivity contribution in [2.24, 2.45) is 0 Å². The number of hydrogen-bond donors (Lipinski definition) is 1. The molecule has 5 nitrogen and oxygen atoms in total. The molecule has 0 spiro atoms. The van der Waals surface area contributed by atoms with E-state index in [0.29, 0.717) is 13.1 Å². The number of amides is 1. The molecule has 1 unspecified atom stereocenters. The minimum atomic E-state index is -0.533. The highest BCUT2D eigenvalue weighted by atomic mass is 16.5. The Bertz CT molecular complexity index is 689. The van der Waals surface area contributed by atoms with Crippen LogP contribution < -0.4 is 5.32 Å². The number of benzene rings is 2. The molecule has 2 aromatic carbocycles. The highest BCUT2D eigenvalue weighted by Gasteiger charge is 2.24. The molecule has 5 heteroatoms. The molecule has 0 fully saturated rings. The second-order valence-corrected chi connectivity index (χ2v) is 6.25. The first-order valence-electron chi connectivity index (χ1n) is 8.75. The molecule has 0 bridgehead atoms. The molecule has 2 aromatic rings. The number of ether oxygens (including phenoxy) is 1. The van der Waals surface area contributed by atoms with Gasteiger partial charge in [-0.15, -0.1) is 0 Å². The van der Waals surface area contributed by atoms with Crippen LogP contribution >= 0.6 is 0 Å². The van der Waals surface area contributed by atoms with Crippen LogP contribution in [0, 0.1) is 0 Å². The van der Waals surface area contributed by atoms with E-state index in [4.69, 9.17) is 4.74 Å². The van der Waals surface area contributed by atoms with Gasteiger partial charge in [0.1, 0.15) is 12.6 Å². The summed E-state index contributed by atoms with van der Waals surface area (Å²) in [6.45, 7) is 2.52. The Kier molecular flexibility index (Phi) is 7.83. The van der Waals surface area contributed by atoms with Gasteiger partial charge in [0.2, 0.25) is 5.91 Å². The molecular weight excluding hydrogens is 328 g/mol. The molecule has 0 aromatic heterocycles. The standard InChI is InChI=1S/C21H26N2O3/c1-17(24)26-16-20(23(2)15-19-11-7-4-8-12-19)21(25)22-14-13-18-9-5-3-6-10-18/h3-12,20H,13-16H2,1-2H3,(H,22,25). The number of nitrogens with one attached hydrogen (secondary N) is 1. The van der Waals surface area contributed by atoms with Gasteiger partial charge in [0.05, 0.1) is 0 Å². The van der Waals surface area contributed by atoms with E-state index in [9.17, 15) is 9.59 Å². The average Bonchev–Trinajstić information content (AvgIpc) is 2.63. The van der Waals surface area contributed by atoms with Crippen LogP contribution in [0.5, 0.6) is 0 Å². The molecule has 138 valence electrons. The van der Waals surface area contributed by atoms with Crippen LogP contribution in [0.1, 0.15) is 18.1 Å². The van der Waals surface area contributed by atoms with E-state index in [1.54, 1.807) is 0 Å². The fourth-order valence-corrected chi connectivity index (χ4v) is 2.67. The number of rotatable bonds is 9. The Balaban J connectivity index is 1.93. The van der Waals surface area contributed by atoms with E-state index in [2.05, 4.69) is 5.32 Å². The molecule has 1 atom stereocenters. The third-order valence-electron chi connectivity index (χ3n) is 4.11. The lowest BCUT2D eigenvalue weighted by molar-refractivity contribution is -0.144. The van der Waals surface area contributed by atoms with Crippen LogP contribution in [0.3, 0.4) is 0 Å². The molecule has 0 radical (unpaired) electrons. The fraction of sp³-hybridized carbons (Fsp3) is 0.333. The highest BCUT2D eigenvalue weighted by molar-refractivity contribution is 5.82. The van der Waals surface area contributed by atoms with Gasteiger partial charge in [0.15, 0.2) is 0 Å². The number of hydrogen-bond acceptors (Lipinski definition) is 4. The van der Waals surface area contributed by atoms with Gasteiger partial charge in [-0.3, -0.25) is 14.5 Å². The third kappa shape index (κ3) is 6.69. The zero-order chi connectivity index (χ0) is 18.8. The second-order valence-electron chi connectivity index (χ2n) is 6.25. The van der Waals surface area contributed by atoms with Crippen LogP contribution in [0.2, 0.25) is 0 Å². The number of likely N-dealkylation sites (N-methyl/N-ethyl adjacent to an activating group) is 1. The number of carbonyl (C=O) groups excluding carboxylic acids is 2. The summed E-state index contributed by atoms with van der Waals surface area (Å²) in [6, 6.07) is 19.4. The lowest BCUT2D eigenvalue weighted by atomic mass is 10.1. The Hall–Kier alpha value is -2.66. The Labute approximate surface area is 155 Å². The topological polar surface area (TPSA) is 58.6 Å². The summed E-state index contributed by atoms with van der Waals surface area (Å²) in [5, 5.41) is 2.95. The van der Waals surface area contributed by atoms with E-state index in [1.165, 1.54) is 12.5 Å². The fourth-order valence-electron chi connectivity index (χ4n) is 2.67. The van der Waals surface area contributed by atoms with Crippen LogP contribution in [-0.4, -0.2) is 43.0 Å². The van der Waals surface area contributed by atoms with Gasteiger partial charge in [0.25, 0.3) is 0 Å². The summed E-state index contributed by atoms with van der Waals surface area (Å²) < 4.78 is 5.11. The van der Waals surface area contributed by atoms with Crippen molar-refractivity contribution in [2.45, 2.75) is 25.9 Å². The van der Waals surface area contributed by atoms with Gasteiger partial charge in [-0.2, -0.15) is 0 Å². The van der Waals surface area contributed by atoms with Crippen LogP contribution in [0.25, 0.3) is 0 Å². The summed E-state index contributed by atoms with van der Waals surface area (Å²) in [7, 11) is 1.86. The van der Waals surface area contributed by atoms with Gasteiger partial charge in [-0.05, 0) is 24.6 Å². The van der Waals surface area contributed by atoms with E-state index < -0.39 is 6.04 Å². The van der Waals surface area contributed by atoms with Crippen LogP contribution in [0.4, 0.5) is 0 Å². The van der Waals surface area contributed by atoms with Crippen molar-refractivity contribution in [2.75, 3.05) is 20.2 Å². The van der Waals surface area contributed by atoms with Crippen LogP contribution in [-0.2, 0) is 27.3 Å². The normalized spacial score (nSPS) is 11.8. The van der Waals surface area contributed by atoms with Gasteiger partial charge in [-0.25, -0.2) is 0 Å².